The molecule has 1 aromatic heterocycles. The number of anilines is 1. The molecule has 11 heteroatoms. The van der Waals surface area contributed by atoms with E-state index in [1.165, 1.54) is 31.4 Å². The van der Waals surface area contributed by atoms with E-state index in [2.05, 4.69) is 19.7 Å². The minimum absolute atomic E-state index is 0.00399. The highest BCUT2D eigenvalue weighted by Gasteiger charge is 2.23. The molecule has 2 aromatic rings. The number of rotatable bonds is 4. The van der Waals surface area contributed by atoms with Crippen LogP contribution in [0.3, 0.4) is 0 Å². The van der Waals surface area contributed by atoms with Crippen molar-refractivity contribution in [3.05, 3.63) is 45.2 Å². The Kier molecular flexibility index (Phi) is 4.16. The summed E-state index contributed by atoms with van der Waals surface area (Å²) in [7, 11) is -2.78. The molecule has 1 aromatic carbocycles. The number of amides is 2. The summed E-state index contributed by atoms with van der Waals surface area (Å²) in [5.41, 5.74) is -0.00399. The van der Waals surface area contributed by atoms with Gasteiger partial charge in [0.15, 0.2) is 17.1 Å². The van der Waals surface area contributed by atoms with E-state index in [0.717, 1.165) is 0 Å². The number of fused-ring (bicyclic) bond motifs is 1. The van der Waals surface area contributed by atoms with Gasteiger partial charge in [0.2, 0.25) is 0 Å². The molecule has 0 fully saturated rings. The zero-order valence-electron chi connectivity index (χ0n) is 11.9. The second-order valence-electron chi connectivity index (χ2n) is 4.55. The SMILES string of the molecule is COc1cc2c(nc1NS(=O)(=O)c1cccc(Cl)c1Cl)=NC(=O)N=2. The number of hydrogen-bond acceptors (Lipinski definition) is 5. The standard InChI is InChI=1S/C13H8Cl2N4O4S/c1-23-8-5-7-11(18-13(20)16-7)17-12(8)19-24(21,22)9-4-2-3-6(14)10(9)15/h2-5H,1H3,(H,17,18,19,20). The van der Waals surface area contributed by atoms with Crippen LogP contribution >= 0.6 is 23.2 Å². The highest BCUT2D eigenvalue weighted by molar-refractivity contribution is 7.92. The van der Waals surface area contributed by atoms with Crippen LogP contribution in [0.4, 0.5) is 10.6 Å². The van der Waals surface area contributed by atoms with Gasteiger partial charge in [-0.2, -0.15) is 9.98 Å². The Labute approximate surface area is 145 Å². The lowest BCUT2D eigenvalue weighted by Gasteiger charge is -2.11. The highest BCUT2D eigenvalue weighted by atomic mass is 35.5. The van der Waals surface area contributed by atoms with E-state index in [9.17, 15) is 13.2 Å². The van der Waals surface area contributed by atoms with Crippen molar-refractivity contribution in [2.75, 3.05) is 11.8 Å². The molecule has 0 aliphatic carbocycles. The molecule has 0 unspecified atom stereocenters. The molecule has 2 heterocycles. The number of hydrogen-bond donors (Lipinski definition) is 1. The summed E-state index contributed by atoms with van der Waals surface area (Å²) < 4.78 is 32.4. The van der Waals surface area contributed by atoms with Crippen molar-refractivity contribution in [2.24, 2.45) is 9.98 Å². The van der Waals surface area contributed by atoms with Gasteiger partial charge in [-0.25, -0.2) is 18.2 Å². The van der Waals surface area contributed by atoms with Crippen molar-refractivity contribution >= 4 is 45.1 Å². The van der Waals surface area contributed by atoms with Crippen molar-refractivity contribution in [3.8, 4) is 5.75 Å². The Balaban J connectivity index is 2.10. The second-order valence-corrected chi connectivity index (χ2v) is 6.98. The van der Waals surface area contributed by atoms with E-state index in [4.69, 9.17) is 27.9 Å². The number of halogens is 2. The van der Waals surface area contributed by atoms with Gasteiger partial charge in [0, 0.05) is 6.07 Å². The van der Waals surface area contributed by atoms with Crippen LogP contribution in [-0.2, 0) is 10.0 Å². The Morgan fingerprint density at radius 3 is 2.67 bits per heavy atom. The molecule has 8 nitrogen and oxygen atoms in total. The summed E-state index contributed by atoms with van der Waals surface area (Å²) in [4.78, 5) is 22.1. The predicted molar refractivity (Wildman–Crippen MR) is 85.8 cm³/mol. The highest BCUT2D eigenvalue weighted by Crippen LogP contribution is 2.31. The minimum atomic E-state index is -4.10. The third-order valence-corrected chi connectivity index (χ3v) is 5.33. The molecule has 2 amide bonds. The Morgan fingerprint density at radius 2 is 1.96 bits per heavy atom. The number of pyridine rings is 1. The molecule has 124 valence electrons. The van der Waals surface area contributed by atoms with E-state index in [-0.39, 0.29) is 37.4 Å². The zero-order valence-corrected chi connectivity index (χ0v) is 14.3. The summed E-state index contributed by atoms with van der Waals surface area (Å²) in [6, 6.07) is 4.83. The lowest BCUT2D eigenvalue weighted by atomic mass is 10.4. The van der Waals surface area contributed by atoms with E-state index in [1.54, 1.807) is 0 Å². The van der Waals surface area contributed by atoms with Crippen LogP contribution in [0.2, 0.25) is 10.0 Å². The number of carbonyl (C=O) groups is 1. The lowest BCUT2D eigenvalue weighted by molar-refractivity contribution is 0.256. The van der Waals surface area contributed by atoms with Crippen molar-refractivity contribution in [1.82, 2.24) is 4.98 Å². The molecule has 3 rings (SSSR count). The van der Waals surface area contributed by atoms with Gasteiger partial charge < -0.3 is 4.74 Å². The molecular formula is C13H8Cl2N4O4S. The molecule has 0 spiro atoms. The molecular weight excluding hydrogens is 379 g/mol. The minimum Gasteiger partial charge on any atom is -0.493 e. The largest absolute Gasteiger partial charge is 0.493 e. The number of sulfonamides is 1. The fraction of sp³-hybridized carbons (Fsp3) is 0.0769. The van der Waals surface area contributed by atoms with Gasteiger partial charge in [0.1, 0.15) is 10.3 Å². The third kappa shape index (κ3) is 2.93. The van der Waals surface area contributed by atoms with E-state index in [1.807, 2.05) is 0 Å². The molecule has 0 saturated heterocycles. The van der Waals surface area contributed by atoms with Crippen LogP contribution in [0.1, 0.15) is 0 Å². The number of methoxy groups -OCH3 is 1. The molecule has 1 aliphatic rings. The molecule has 0 radical (unpaired) electrons. The number of aromatic nitrogens is 1. The maximum Gasteiger partial charge on any atom is 0.369 e. The quantitative estimate of drug-likeness (QED) is 0.857. The maximum atomic E-state index is 12.5. The fourth-order valence-corrected chi connectivity index (χ4v) is 3.74. The number of nitrogens with zero attached hydrogens (tertiary/aromatic N) is 3. The summed E-state index contributed by atoms with van der Waals surface area (Å²) in [6.07, 6.45) is 0. The van der Waals surface area contributed by atoms with Crippen molar-refractivity contribution in [2.45, 2.75) is 4.90 Å². The first-order chi connectivity index (χ1) is 11.3. The van der Waals surface area contributed by atoms with Gasteiger partial charge in [0.25, 0.3) is 10.0 Å². The van der Waals surface area contributed by atoms with Gasteiger partial charge in [-0.15, -0.1) is 0 Å². The van der Waals surface area contributed by atoms with Gasteiger partial charge in [0.05, 0.1) is 17.2 Å². The number of nitrogens with one attached hydrogen (secondary N) is 1. The van der Waals surface area contributed by atoms with Crippen LogP contribution in [0.25, 0.3) is 0 Å². The summed E-state index contributed by atoms with van der Waals surface area (Å²) in [5, 5.41) is 0.162. The predicted octanol–water partition coefficient (Wildman–Crippen LogP) is 1.57. The van der Waals surface area contributed by atoms with E-state index >= 15 is 0 Å². The molecule has 24 heavy (non-hydrogen) atoms. The second kappa shape index (κ2) is 6.00. The molecule has 0 bridgehead atoms. The van der Waals surface area contributed by atoms with Crippen LogP contribution in [0.5, 0.6) is 5.75 Å². The Morgan fingerprint density at radius 1 is 1.21 bits per heavy atom. The molecule has 1 N–H and O–H groups in total. The van der Waals surface area contributed by atoms with Gasteiger partial charge in [-0.3, -0.25) is 4.72 Å². The first kappa shape index (κ1) is 16.6. The zero-order chi connectivity index (χ0) is 17.5. The number of ether oxygens (including phenoxy) is 1. The Bertz CT molecular complexity index is 1090. The molecule has 0 atom stereocenters. The lowest BCUT2D eigenvalue weighted by Crippen LogP contribution is -2.28. The number of urea groups is 1. The normalized spacial score (nSPS) is 13.0. The van der Waals surface area contributed by atoms with Crippen LogP contribution in [0, 0.1) is 0 Å². The number of carbonyl (C=O) groups excluding carboxylic acids is 1. The topological polar surface area (TPSA) is 110 Å². The van der Waals surface area contributed by atoms with Gasteiger partial charge in [-0.1, -0.05) is 29.3 Å². The summed E-state index contributed by atoms with van der Waals surface area (Å²) >= 11 is 11.8. The van der Waals surface area contributed by atoms with E-state index in [0.29, 0.717) is 0 Å². The van der Waals surface area contributed by atoms with E-state index < -0.39 is 16.1 Å². The summed E-state index contributed by atoms with van der Waals surface area (Å²) in [6.45, 7) is 0. The fourth-order valence-electron chi connectivity index (χ4n) is 1.96. The van der Waals surface area contributed by atoms with Crippen LogP contribution in [0.15, 0.2) is 39.1 Å². The van der Waals surface area contributed by atoms with Crippen molar-refractivity contribution in [1.29, 1.82) is 0 Å². The average Bonchev–Trinajstić information content (AvgIpc) is 2.87. The Hall–Kier alpha value is -2.23. The third-order valence-electron chi connectivity index (χ3n) is 3.02. The van der Waals surface area contributed by atoms with Gasteiger partial charge >= 0.3 is 6.03 Å². The van der Waals surface area contributed by atoms with Crippen molar-refractivity contribution < 1.29 is 17.9 Å². The first-order valence-electron chi connectivity index (χ1n) is 6.35. The maximum absolute atomic E-state index is 12.5. The first-order valence-corrected chi connectivity index (χ1v) is 8.59. The average molecular weight is 387 g/mol. The monoisotopic (exact) mass is 386 g/mol. The van der Waals surface area contributed by atoms with Crippen LogP contribution in [-0.4, -0.2) is 26.5 Å². The molecule has 1 aliphatic heterocycles. The van der Waals surface area contributed by atoms with Gasteiger partial charge in [-0.05, 0) is 12.1 Å². The van der Waals surface area contributed by atoms with Crippen LogP contribution < -0.4 is 20.3 Å². The summed E-state index contributed by atoms with van der Waals surface area (Å²) in [5.74, 6) is -0.0786. The van der Waals surface area contributed by atoms with Crippen molar-refractivity contribution in [3.63, 3.8) is 0 Å². The smallest absolute Gasteiger partial charge is 0.369 e. The number of benzene rings is 1. The molecule has 0 saturated carbocycles.